The average molecular weight is 980 g/mol. The predicted octanol–water partition coefficient (Wildman–Crippen LogP) is 19.2. The average Bonchev–Trinajstić information content (AvgIpc) is 3.37. The van der Waals surface area contributed by atoms with Crippen molar-refractivity contribution >= 4 is 17.9 Å². The Morgan fingerprint density at radius 1 is 0.282 bits per heavy atom. The molecule has 0 aliphatic rings. The lowest BCUT2D eigenvalue weighted by Gasteiger charge is -2.18. The Hall–Kier alpha value is -4.71. The van der Waals surface area contributed by atoms with Crippen molar-refractivity contribution < 1.29 is 28.6 Å². The standard InChI is InChI=1S/C65H102O6/c1-4-7-10-13-16-19-22-25-28-30-32-34-37-40-43-46-49-52-55-58-64(67)70-61-62(60-69-63(66)57-54-51-48-45-42-39-36-27-24-21-18-15-12-9-6-3)71-65(68)59-56-53-50-47-44-41-38-35-33-31-29-26-23-20-17-14-11-8-5-2/h16-21,25-29,32-36,40-45,49,52,62H,4-15,22-24,30-31,37-39,46-48,50-51,53-61H2,1-3H3/b19-16-,20-17-,21-18-,28-25-,29-26-,34-32-,35-33-,36-27-,43-40-,44-41-,45-42-,52-49-/t62-/m0/s1. The van der Waals surface area contributed by atoms with Gasteiger partial charge in [-0.05, 0) is 141 Å². The summed E-state index contributed by atoms with van der Waals surface area (Å²) in [5, 5.41) is 0. The second kappa shape index (κ2) is 57.9. The Morgan fingerprint density at radius 3 is 0.873 bits per heavy atom. The van der Waals surface area contributed by atoms with Gasteiger partial charge in [0.05, 0.1) is 0 Å². The minimum absolute atomic E-state index is 0.140. The van der Waals surface area contributed by atoms with Crippen molar-refractivity contribution in [2.24, 2.45) is 0 Å². The maximum absolute atomic E-state index is 12.8. The van der Waals surface area contributed by atoms with E-state index in [1.54, 1.807) is 0 Å². The Bertz CT molecular complexity index is 1590. The van der Waals surface area contributed by atoms with Gasteiger partial charge in [0.15, 0.2) is 6.10 Å². The van der Waals surface area contributed by atoms with Crippen molar-refractivity contribution in [1.82, 2.24) is 0 Å². The smallest absolute Gasteiger partial charge is 0.306 e. The highest BCUT2D eigenvalue weighted by molar-refractivity contribution is 5.71. The highest BCUT2D eigenvalue weighted by Gasteiger charge is 2.19. The van der Waals surface area contributed by atoms with Gasteiger partial charge in [0.25, 0.3) is 0 Å². The molecule has 0 N–H and O–H groups in total. The van der Waals surface area contributed by atoms with Gasteiger partial charge in [-0.3, -0.25) is 14.4 Å². The number of hydrogen-bond acceptors (Lipinski definition) is 6. The van der Waals surface area contributed by atoms with Crippen LogP contribution in [0, 0.1) is 0 Å². The number of esters is 3. The number of allylic oxidation sites excluding steroid dienone is 24. The number of hydrogen-bond donors (Lipinski definition) is 0. The zero-order valence-electron chi connectivity index (χ0n) is 45.4. The highest BCUT2D eigenvalue weighted by atomic mass is 16.6. The first kappa shape index (κ1) is 66.3. The van der Waals surface area contributed by atoms with Gasteiger partial charge in [-0.1, -0.05) is 212 Å². The van der Waals surface area contributed by atoms with E-state index in [0.29, 0.717) is 19.3 Å². The van der Waals surface area contributed by atoms with Crippen LogP contribution in [-0.4, -0.2) is 37.2 Å². The summed E-state index contributed by atoms with van der Waals surface area (Å²) in [5.74, 6) is -1.10. The SMILES string of the molecule is CCCCC/C=C\C/C=C\C/C=C\C/C=C\C/C=C\CCC(=O)OC[C@H](COC(=O)CCCC/C=C\C/C=C\C/C=C\CCCCC)OC(=O)CCCCC/C=C\C/C=C\C/C=C\C/C=C\CCCCC. The Labute approximate surface area is 436 Å². The first-order chi connectivity index (χ1) is 35.0. The summed E-state index contributed by atoms with van der Waals surface area (Å²) >= 11 is 0. The Kier molecular flexibility index (Phi) is 54.0. The van der Waals surface area contributed by atoms with Crippen molar-refractivity contribution in [3.63, 3.8) is 0 Å². The van der Waals surface area contributed by atoms with E-state index < -0.39 is 6.10 Å². The van der Waals surface area contributed by atoms with E-state index in [9.17, 15) is 14.4 Å². The number of unbranched alkanes of at least 4 members (excludes halogenated alkanes) is 14. The second-order valence-electron chi connectivity index (χ2n) is 18.1. The molecular formula is C65H102O6. The number of carbonyl (C=O) groups excluding carboxylic acids is 3. The largest absolute Gasteiger partial charge is 0.462 e. The summed E-state index contributed by atoms with van der Waals surface area (Å²) in [4.78, 5) is 38.1. The van der Waals surface area contributed by atoms with Crippen molar-refractivity contribution in [3.8, 4) is 0 Å². The molecule has 71 heavy (non-hydrogen) atoms. The molecule has 0 amide bonds. The molecule has 0 unspecified atom stereocenters. The van der Waals surface area contributed by atoms with Crippen LogP contribution in [0.15, 0.2) is 146 Å². The first-order valence-electron chi connectivity index (χ1n) is 28.3. The molecule has 0 aliphatic heterocycles. The van der Waals surface area contributed by atoms with Gasteiger partial charge in [0, 0.05) is 19.3 Å². The molecule has 0 aliphatic carbocycles. The van der Waals surface area contributed by atoms with Crippen LogP contribution in [0.3, 0.4) is 0 Å². The minimum atomic E-state index is -0.848. The Balaban J connectivity index is 4.65. The molecule has 398 valence electrons. The lowest BCUT2D eigenvalue weighted by atomic mass is 10.1. The maximum atomic E-state index is 12.8. The number of carbonyl (C=O) groups is 3. The van der Waals surface area contributed by atoms with Crippen molar-refractivity contribution in [2.45, 2.75) is 232 Å². The molecule has 0 bridgehead atoms. The van der Waals surface area contributed by atoms with Crippen LogP contribution in [0.25, 0.3) is 0 Å². The molecule has 0 rings (SSSR count). The van der Waals surface area contributed by atoms with Crippen molar-refractivity contribution in [2.75, 3.05) is 13.2 Å². The number of ether oxygens (including phenoxy) is 3. The molecule has 0 aromatic rings. The fourth-order valence-electron chi connectivity index (χ4n) is 7.00. The van der Waals surface area contributed by atoms with E-state index in [1.807, 2.05) is 12.2 Å². The van der Waals surface area contributed by atoms with Crippen LogP contribution in [0.1, 0.15) is 226 Å². The predicted molar refractivity (Wildman–Crippen MR) is 306 cm³/mol. The topological polar surface area (TPSA) is 78.9 Å². The zero-order chi connectivity index (χ0) is 51.4. The summed E-state index contributed by atoms with van der Waals surface area (Å²) in [6.07, 6.45) is 82.7. The number of rotatable bonds is 49. The monoisotopic (exact) mass is 979 g/mol. The molecule has 1 atom stereocenters. The third-order valence-corrected chi connectivity index (χ3v) is 11.3. The van der Waals surface area contributed by atoms with Gasteiger partial charge in [-0.15, -0.1) is 0 Å². The van der Waals surface area contributed by atoms with Gasteiger partial charge in [-0.2, -0.15) is 0 Å². The maximum Gasteiger partial charge on any atom is 0.306 e. The molecule has 6 heteroatoms. The molecular weight excluding hydrogens is 877 g/mol. The van der Waals surface area contributed by atoms with Crippen LogP contribution in [0.5, 0.6) is 0 Å². The van der Waals surface area contributed by atoms with Gasteiger partial charge in [0.2, 0.25) is 0 Å². The molecule has 0 aromatic carbocycles. The molecule has 0 aromatic heterocycles. The van der Waals surface area contributed by atoms with E-state index in [1.165, 1.54) is 77.0 Å². The fraction of sp³-hybridized carbons (Fsp3) is 0.585. The molecule has 0 radical (unpaired) electrons. The molecule has 0 saturated heterocycles. The summed E-state index contributed by atoms with van der Waals surface area (Å²) in [7, 11) is 0. The lowest BCUT2D eigenvalue weighted by molar-refractivity contribution is -0.166. The normalized spacial score (nSPS) is 13.2. The van der Waals surface area contributed by atoms with E-state index in [4.69, 9.17) is 14.2 Å². The second-order valence-corrected chi connectivity index (χ2v) is 18.1. The van der Waals surface area contributed by atoms with Crippen molar-refractivity contribution in [1.29, 1.82) is 0 Å². The van der Waals surface area contributed by atoms with Crippen LogP contribution in [0.2, 0.25) is 0 Å². The Morgan fingerprint density at radius 2 is 0.535 bits per heavy atom. The van der Waals surface area contributed by atoms with Crippen LogP contribution < -0.4 is 0 Å². The third kappa shape index (κ3) is 56.1. The summed E-state index contributed by atoms with van der Waals surface area (Å²) in [6.45, 7) is 6.41. The third-order valence-electron chi connectivity index (χ3n) is 11.3. The summed E-state index contributed by atoms with van der Waals surface area (Å²) < 4.78 is 16.7. The van der Waals surface area contributed by atoms with E-state index in [-0.39, 0.29) is 50.4 Å². The quantitative estimate of drug-likeness (QED) is 0.0262. The van der Waals surface area contributed by atoms with Crippen LogP contribution >= 0.6 is 0 Å². The van der Waals surface area contributed by atoms with Crippen molar-refractivity contribution in [3.05, 3.63) is 146 Å². The summed E-state index contributed by atoms with van der Waals surface area (Å²) in [5.41, 5.74) is 0. The zero-order valence-corrected chi connectivity index (χ0v) is 45.4. The lowest BCUT2D eigenvalue weighted by Crippen LogP contribution is -2.30. The molecule has 0 spiro atoms. The van der Waals surface area contributed by atoms with Gasteiger partial charge < -0.3 is 14.2 Å². The van der Waals surface area contributed by atoms with E-state index >= 15 is 0 Å². The molecule has 6 nitrogen and oxygen atoms in total. The van der Waals surface area contributed by atoms with Gasteiger partial charge >= 0.3 is 17.9 Å². The highest BCUT2D eigenvalue weighted by Crippen LogP contribution is 2.10. The van der Waals surface area contributed by atoms with Gasteiger partial charge in [0.1, 0.15) is 13.2 Å². The van der Waals surface area contributed by atoms with E-state index in [0.717, 1.165) is 89.9 Å². The minimum Gasteiger partial charge on any atom is -0.462 e. The van der Waals surface area contributed by atoms with E-state index in [2.05, 4.69) is 154 Å². The fourth-order valence-corrected chi connectivity index (χ4v) is 7.00. The molecule has 0 fully saturated rings. The summed E-state index contributed by atoms with van der Waals surface area (Å²) in [6, 6.07) is 0. The molecule has 0 heterocycles. The van der Waals surface area contributed by atoms with Crippen LogP contribution in [0.4, 0.5) is 0 Å². The first-order valence-corrected chi connectivity index (χ1v) is 28.3. The van der Waals surface area contributed by atoms with Crippen LogP contribution in [-0.2, 0) is 28.6 Å². The molecule has 0 saturated carbocycles. The van der Waals surface area contributed by atoms with Gasteiger partial charge in [-0.25, -0.2) is 0 Å².